The summed E-state index contributed by atoms with van der Waals surface area (Å²) in [4.78, 5) is 27.8. The van der Waals surface area contributed by atoms with Crippen molar-refractivity contribution >= 4 is 27.5 Å². The first-order valence-corrected chi connectivity index (χ1v) is 14.2. The summed E-state index contributed by atoms with van der Waals surface area (Å²) in [5, 5.41) is 2.92. The van der Waals surface area contributed by atoms with Crippen LogP contribution in [0.5, 0.6) is 0 Å². The fraction of sp³-hybridized carbons (Fsp3) is 0.481. The SMILES string of the molecule is CCCNC(=O)C(CC)N(CCc1ccccc1)C(=O)CCCN(c1ccc(C)cc1)S(C)(=O)=O. The molecule has 0 saturated heterocycles. The third-order valence-corrected chi connectivity index (χ3v) is 7.09. The minimum absolute atomic E-state index is 0.142. The summed E-state index contributed by atoms with van der Waals surface area (Å²) in [6.07, 6.45) is 3.66. The quantitative estimate of drug-likeness (QED) is 0.425. The van der Waals surface area contributed by atoms with Gasteiger partial charge in [0.1, 0.15) is 6.04 Å². The lowest BCUT2D eigenvalue weighted by Crippen LogP contribution is -2.50. The summed E-state index contributed by atoms with van der Waals surface area (Å²) >= 11 is 0. The van der Waals surface area contributed by atoms with E-state index in [0.717, 1.165) is 17.5 Å². The maximum atomic E-state index is 13.3. The van der Waals surface area contributed by atoms with Crippen LogP contribution in [0.3, 0.4) is 0 Å². The molecule has 1 atom stereocenters. The number of carbonyl (C=O) groups is 2. The van der Waals surface area contributed by atoms with Crippen LogP contribution in [0.1, 0.15) is 50.7 Å². The van der Waals surface area contributed by atoms with Crippen LogP contribution in [0.25, 0.3) is 0 Å². The maximum absolute atomic E-state index is 13.3. The Hall–Kier alpha value is -2.87. The lowest BCUT2D eigenvalue weighted by molar-refractivity contribution is -0.140. The van der Waals surface area contributed by atoms with Crippen LogP contribution in [0.4, 0.5) is 5.69 Å². The Kier molecular flexibility index (Phi) is 11.2. The molecule has 1 unspecified atom stereocenters. The number of aryl methyl sites for hydroxylation is 1. The van der Waals surface area contributed by atoms with Gasteiger partial charge in [-0.3, -0.25) is 13.9 Å². The maximum Gasteiger partial charge on any atom is 0.242 e. The molecular weight excluding hydrogens is 462 g/mol. The molecular formula is C27H39N3O4S. The van der Waals surface area contributed by atoms with E-state index < -0.39 is 16.1 Å². The number of hydrogen-bond donors (Lipinski definition) is 1. The van der Waals surface area contributed by atoms with Crippen LogP contribution < -0.4 is 9.62 Å². The predicted molar refractivity (Wildman–Crippen MR) is 142 cm³/mol. The van der Waals surface area contributed by atoms with E-state index in [1.54, 1.807) is 17.0 Å². The Labute approximate surface area is 210 Å². The van der Waals surface area contributed by atoms with Crippen LogP contribution in [0.15, 0.2) is 54.6 Å². The van der Waals surface area contributed by atoms with Crippen LogP contribution >= 0.6 is 0 Å². The fourth-order valence-corrected chi connectivity index (χ4v) is 4.94. The smallest absolute Gasteiger partial charge is 0.242 e. The van der Waals surface area contributed by atoms with E-state index in [1.807, 2.05) is 63.2 Å². The van der Waals surface area contributed by atoms with Crippen molar-refractivity contribution in [3.8, 4) is 0 Å². The van der Waals surface area contributed by atoms with Gasteiger partial charge < -0.3 is 10.2 Å². The molecule has 1 N–H and O–H groups in total. The minimum Gasteiger partial charge on any atom is -0.354 e. The van der Waals surface area contributed by atoms with E-state index >= 15 is 0 Å². The largest absolute Gasteiger partial charge is 0.354 e. The van der Waals surface area contributed by atoms with Gasteiger partial charge in [0.2, 0.25) is 21.8 Å². The third-order valence-electron chi connectivity index (χ3n) is 5.89. The van der Waals surface area contributed by atoms with Crippen molar-refractivity contribution in [2.24, 2.45) is 0 Å². The van der Waals surface area contributed by atoms with Gasteiger partial charge in [-0.2, -0.15) is 0 Å². The minimum atomic E-state index is -3.50. The van der Waals surface area contributed by atoms with Crippen molar-refractivity contribution in [2.75, 3.05) is 30.2 Å². The molecule has 35 heavy (non-hydrogen) atoms. The number of sulfonamides is 1. The van der Waals surface area contributed by atoms with Crippen LogP contribution in [-0.2, 0) is 26.0 Å². The standard InChI is InChI=1S/C27H39N3O4S/c1-5-19-28-27(32)25(6-2)29(21-18-23-11-8-7-9-12-23)26(31)13-10-20-30(35(4,33)34)24-16-14-22(3)15-17-24/h7-9,11-12,14-17,25H,5-6,10,13,18-21H2,1-4H3,(H,28,32). The Morgan fingerprint density at radius 1 is 0.971 bits per heavy atom. The van der Waals surface area contributed by atoms with Gasteiger partial charge in [0.05, 0.1) is 11.9 Å². The van der Waals surface area contributed by atoms with Gasteiger partial charge in [0.25, 0.3) is 0 Å². The summed E-state index contributed by atoms with van der Waals surface area (Å²) in [7, 11) is -3.50. The molecule has 7 nitrogen and oxygen atoms in total. The van der Waals surface area contributed by atoms with Crippen molar-refractivity contribution in [1.82, 2.24) is 10.2 Å². The molecule has 0 spiro atoms. The van der Waals surface area contributed by atoms with E-state index in [0.29, 0.717) is 38.0 Å². The summed E-state index contributed by atoms with van der Waals surface area (Å²) < 4.78 is 26.1. The molecule has 192 valence electrons. The summed E-state index contributed by atoms with van der Waals surface area (Å²) in [6.45, 7) is 7.02. The Morgan fingerprint density at radius 2 is 1.63 bits per heavy atom. The molecule has 0 heterocycles. The number of rotatable bonds is 14. The number of hydrogen-bond acceptors (Lipinski definition) is 4. The second kappa shape index (κ2) is 13.9. The lowest BCUT2D eigenvalue weighted by atomic mass is 10.1. The van der Waals surface area contributed by atoms with Gasteiger partial charge in [-0.05, 0) is 50.3 Å². The first-order valence-electron chi connectivity index (χ1n) is 12.3. The average molecular weight is 502 g/mol. The number of nitrogens with zero attached hydrogens (tertiary/aromatic N) is 2. The van der Waals surface area contributed by atoms with Crippen molar-refractivity contribution in [1.29, 1.82) is 0 Å². The first kappa shape index (κ1) is 28.4. The summed E-state index contributed by atoms with van der Waals surface area (Å²) in [6, 6.07) is 16.6. The number of anilines is 1. The van der Waals surface area contributed by atoms with Crippen LogP contribution in [0.2, 0.25) is 0 Å². The molecule has 2 rings (SSSR count). The number of benzene rings is 2. The van der Waals surface area contributed by atoms with Gasteiger partial charge >= 0.3 is 0 Å². The highest BCUT2D eigenvalue weighted by atomic mass is 32.2. The number of nitrogens with one attached hydrogen (secondary N) is 1. The van der Waals surface area contributed by atoms with Gasteiger partial charge in [-0.25, -0.2) is 8.42 Å². The molecule has 0 radical (unpaired) electrons. The molecule has 0 aromatic heterocycles. The first-order chi connectivity index (χ1) is 16.7. The van der Waals surface area contributed by atoms with Gasteiger partial charge in [-0.1, -0.05) is 61.9 Å². The van der Waals surface area contributed by atoms with E-state index in [2.05, 4.69) is 5.32 Å². The normalized spacial score (nSPS) is 12.1. The van der Waals surface area contributed by atoms with Crippen LogP contribution in [-0.4, -0.2) is 57.1 Å². The van der Waals surface area contributed by atoms with Gasteiger partial charge in [0.15, 0.2) is 0 Å². The third kappa shape index (κ3) is 9.02. The summed E-state index contributed by atoms with van der Waals surface area (Å²) in [5.41, 5.74) is 2.71. The molecule has 0 saturated carbocycles. The fourth-order valence-electron chi connectivity index (χ4n) is 3.98. The molecule has 0 fully saturated rings. The van der Waals surface area contributed by atoms with Gasteiger partial charge in [0, 0.05) is 26.1 Å². The molecule has 0 aliphatic carbocycles. The molecule has 8 heteroatoms. The highest BCUT2D eigenvalue weighted by Crippen LogP contribution is 2.19. The molecule has 2 amide bonds. The Bertz CT molecular complexity index is 1040. The van der Waals surface area contributed by atoms with E-state index in [1.165, 1.54) is 10.6 Å². The Balaban J connectivity index is 2.13. The van der Waals surface area contributed by atoms with Gasteiger partial charge in [-0.15, -0.1) is 0 Å². The second-order valence-electron chi connectivity index (χ2n) is 8.81. The lowest BCUT2D eigenvalue weighted by Gasteiger charge is -2.31. The zero-order valence-corrected chi connectivity index (χ0v) is 22.2. The van der Waals surface area contributed by atoms with E-state index in [-0.39, 0.29) is 24.8 Å². The molecule has 2 aromatic rings. The molecule has 0 aliphatic rings. The predicted octanol–water partition coefficient (Wildman–Crippen LogP) is 3.92. The van der Waals surface area contributed by atoms with Crippen molar-refractivity contribution in [3.63, 3.8) is 0 Å². The van der Waals surface area contributed by atoms with Crippen LogP contribution in [0, 0.1) is 6.92 Å². The van der Waals surface area contributed by atoms with Crippen molar-refractivity contribution < 1.29 is 18.0 Å². The highest BCUT2D eigenvalue weighted by Gasteiger charge is 2.28. The number of carbonyl (C=O) groups excluding carboxylic acids is 2. The molecule has 0 aliphatic heterocycles. The zero-order valence-electron chi connectivity index (χ0n) is 21.4. The molecule has 2 aromatic carbocycles. The van der Waals surface area contributed by atoms with Crippen molar-refractivity contribution in [3.05, 3.63) is 65.7 Å². The average Bonchev–Trinajstić information content (AvgIpc) is 2.83. The molecule has 0 bridgehead atoms. The summed E-state index contributed by atoms with van der Waals surface area (Å²) in [5.74, 6) is -0.287. The van der Waals surface area contributed by atoms with E-state index in [9.17, 15) is 18.0 Å². The van der Waals surface area contributed by atoms with E-state index in [4.69, 9.17) is 0 Å². The highest BCUT2D eigenvalue weighted by molar-refractivity contribution is 7.92. The second-order valence-corrected chi connectivity index (χ2v) is 10.7. The van der Waals surface area contributed by atoms with Crippen molar-refractivity contribution in [2.45, 2.75) is 58.9 Å². The Morgan fingerprint density at radius 3 is 2.20 bits per heavy atom. The zero-order chi connectivity index (χ0) is 25.8. The monoisotopic (exact) mass is 501 g/mol. The topological polar surface area (TPSA) is 86.8 Å². The number of amides is 2.